The highest BCUT2D eigenvalue weighted by Gasteiger charge is 2.63. The largest absolute Gasteiger partial charge is 0.404 e. The van der Waals surface area contributed by atoms with Crippen LogP contribution < -0.4 is 11.1 Å². The Morgan fingerprint density at radius 3 is 2.31 bits per heavy atom. The molecule has 3 aliphatic heterocycles. The summed E-state index contributed by atoms with van der Waals surface area (Å²) in [6.45, 7) is -0.328. The maximum absolute atomic E-state index is 14.3. The number of nitrogens with two attached hydrogens (primary N) is 1. The third-order valence-corrected chi connectivity index (χ3v) is 11.4. The lowest BCUT2D eigenvalue weighted by atomic mass is 9.85. The van der Waals surface area contributed by atoms with Crippen molar-refractivity contribution >= 4 is 58.6 Å². The third-order valence-electron chi connectivity index (χ3n) is 9.27. The van der Waals surface area contributed by atoms with Crippen LogP contribution in [0.3, 0.4) is 0 Å². The van der Waals surface area contributed by atoms with E-state index in [2.05, 4.69) is 5.32 Å². The molecule has 1 aromatic heterocycles. The lowest BCUT2D eigenvalue weighted by Gasteiger charge is -2.39. The lowest BCUT2D eigenvalue weighted by Crippen LogP contribution is -2.61. The van der Waals surface area contributed by atoms with E-state index in [1.807, 2.05) is 0 Å². The topological polar surface area (TPSA) is 191 Å². The molecule has 1 unspecified atom stereocenters. The summed E-state index contributed by atoms with van der Waals surface area (Å²) in [5.74, 6) is -4.45. The van der Waals surface area contributed by atoms with Crippen LogP contribution in [0.1, 0.15) is 47.8 Å². The Hall–Kier alpha value is -3.67. The number of nitrogens with zero attached hydrogens (tertiary/aromatic N) is 3. The molecule has 2 aromatic rings. The molecule has 0 saturated carbocycles. The molecule has 262 valence electrons. The number of hydrogen-bond acceptors (Lipinski definition) is 7. The van der Waals surface area contributed by atoms with Gasteiger partial charge in [-0.1, -0.05) is 6.07 Å². The van der Waals surface area contributed by atoms with E-state index in [4.69, 9.17) is 15.5 Å². The van der Waals surface area contributed by atoms with Crippen molar-refractivity contribution in [2.24, 2.45) is 11.1 Å². The number of thiophene rings is 1. The van der Waals surface area contributed by atoms with Gasteiger partial charge in [0.25, 0.3) is 5.91 Å². The predicted molar refractivity (Wildman–Crippen MR) is 158 cm³/mol. The number of nitrogens with one attached hydrogen (secondary N) is 1. The highest BCUT2D eigenvalue weighted by Crippen LogP contribution is 2.59. The van der Waals surface area contributed by atoms with Crippen molar-refractivity contribution in [1.82, 2.24) is 20.0 Å². The number of rotatable bonds is 6. The molecule has 0 radical (unpaired) electrons. The standard InChI is InChI=1S/C28H31F5N5O8PS/c1-14(39)36-8-6-17-3-4-19(24(42)37-9-7-26(13-37,25(34)43)28(31,32)33)38(17)23(41)18(12-36)35-22(40)21-11-15-10-16(2-5-20(15)48-21)27(29,30)47(44,45)46/h2,5,10-11,17-19H,3-4,6-9,12-13H2,1H3,(H2,34,43)(H,35,40)(H2,44,45,46)/t17-,18+,19+,26?/m1/s1. The number of likely N-dealkylation sites (tertiary alicyclic amines) is 1. The lowest BCUT2D eigenvalue weighted by molar-refractivity contribution is -0.216. The van der Waals surface area contributed by atoms with E-state index in [1.54, 1.807) is 0 Å². The van der Waals surface area contributed by atoms with Crippen LogP contribution in [0.5, 0.6) is 0 Å². The molecule has 4 heterocycles. The number of benzene rings is 1. The van der Waals surface area contributed by atoms with Gasteiger partial charge in [0.2, 0.25) is 23.6 Å². The number of carbonyl (C=O) groups is 5. The van der Waals surface area contributed by atoms with Crippen molar-refractivity contribution in [2.75, 3.05) is 26.2 Å². The summed E-state index contributed by atoms with van der Waals surface area (Å²) in [4.78, 5) is 86.9. The number of primary amides is 1. The first-order valence-corrected chi connectivity index (χ1v) is 17.1. The van der Waals surface area contributed by atoms with Crippen LogP contribution in [-0.4, -0.2) is 105 Å². The van der Waals surface area contributed by atoms with E-state index in [0.29, 0.717) is 4.70 Å². The van der Waals surface area contributed by atoms with Gasteiger partial charge in [-0.05, 0) is 49.3 Å². The Morgan fingerprint density at radius 2 is 1.73 bits per heavy atom. The Labute approximate surface area is 273 Å². The molecule has 4 atom stereocenters. The maximum Gasteiger partial charge on any atom is 0.404 e. The van der Waals surface area contributed by atoms with Crippen LogP contribution in [-0.2, 0) is 29.4 Å². The smallest absolute Gasteiger partial charge is 0.369 e. The van der Waals surface area contributed by atoms with Crippen molar-refractivity contribution in [3.8, 4) is 0 Å². The minimum absolute atomic E-state index is 0.0619. The molecule has 20 heteroatoms. The summed E-state index contributed by atoms with van der Waals surface area (Å²) < 4.78 is 81.8. The summed E-state index contributed by atoms with van der Waals surface area (Å²) in [5, 5.41) is 2.60. The second-order valence-electron chi connectivity index (χ2n) is 12.2. The fraction of sp³-hybridized carbons (Fsp3) is 0.536. The molecule has 13 nitrogen and oxygen atoms in total. The minimum Gasteiger partial charge on any atom is -0.369 e. The van der Waals surface area contributed by atoms with Gasteiger partial charge in [0, 0.05) is 49.4 Å². The van der Waals surface area contributed by atoms with Crippen LogP contribution in [0.15, 0.2) is 24.3 Å². The molecule has 0 aliphatic carbocycles. The normalized spacial score (nSPS) is 25.5. The van der Waals surface area contributed by atoms with Crippen LogP contribution in [0.25, 0.3) is 10.1 Å². The quantitative estimate of drug-likeness (QED) is 0.257. The Morgan fingerprint density at radius 1 is 1.04 bits per heavy atom. The summed E-state index contributed by atoms with van der Waals surface area (Å²) in [5.41, 5.74) is -3.28. The van der Waals surface area contributed by atoms with E-state index >= 15 is 0 Å². The van der Waals surface area contributed by atoms with Gasteiger partial charge in [-0.3, -0.25) is 28.5 Å². The molecule has 5 rings (SSSR count). The van der Waals surface area contributed by atoms with Gasteiger partial charge in [0.1, 0.15) is 12.1 Å². The molecule has 0 spiro atoms. The van der Waals surface area contributed by atoms with E-state index in [0.717, 1.165) is 34.4 Å². The number of carbonyl (C=O) groups excluding carboxylic acids is 5. The molecular weight excluding hydrogens is 692 g/mol. The molecule has 1 aromatic carbocycles. The van der Waals surface area contributed by atoms with Crippen LogP contribution in [0.4, 0.5) is 22.0 Å². The summed E-state index contributed by atoms with van der Waals surface area (Å²) in [7, 11) is -5.86. The molecule has 3 saturated heterocycles. The van der Waals surface area contributed by atoms with Gasteiger partial charge < -0.3 is 35.5 Å². The first kappa shape index (κ1) is 35.6. The highest BCUT2D eigenvalue weighted by atomic mass is 32.1. The first-order chi connectivity index (χ1) is 22.2. The molecule has 3 fully saturated rings. The monoisotopic (exact) mass is 723 g/mol. The van der Waals surface area contributed by atoms with Crippen molar-refractivity contribution in [2.45, 2.75) is 62.6 Å². The van der Waals surface area contributed by atoms with E-state index in [-0.39, 0.29) is 42.6 Å². The van der Waals surface area contributed by atoms with Crippen molar-refractivity contribution < 1.29 is 60.3 Å². The van der Waals surface area contributed by atoms with Crippen molar-refractivity contribution in [3.05, 3.63) is 34.7 Å². The first-order valence-electron chi connectivity index (χ1n) is 14.7. The summed E-state index contributed by atoms with van der Waals surface area (Å²) in [6, 6.07) is 0.762. The number of hydrogen-bond donors (Lipinski definition) is 4. The Balaban J connectivity index is 1.40. The minimum atomic E-state index is -5.86. The van der Waals surface area contributed by atoms with Crippen LogP contribution >= 0.6 is 18.9 Å². The van der Waals surface area contributed by atoms with E-state index in [9.17, 15) is 50.5 Å². The fourth-order valence-corrected chi connectivity index (χ4v) is 7.95. The van der Waals surface area contributed by atoms with Gasteiger partial charge in [-0.25, -0.2) is 0 Å². The highest BCUT2D eigenvalue weighted by molar-refractivity contribution is 7.52. The molecule has 48 heavy (non-hydrogen) atoms. The summed E-state index contributed by atoms with van der Waals surface area (Å²) >= 11 is 0.837. The predicted octanol–water partition coefficient (Wildman–Crippen LogP) is 2.10. The van der Waals surface area contributed by atoms with Gasteiger partial charge in [-0.15, -0.1) is 11.3 Å². The van der Waals surface area contributed by atoms with E-state index in [1.165, 1.54) is 22.8 Å². The average molecular weight is 724 g/mol. The van der Waals surface area contributed by atoms with Crippen LogP contribution in [0.2, 0.25) is 0 Å². The maximum atomic E-state index is 14.3. The van der Waals surface area contributed by atoms with E-state index < -0.39 is 97.6 Å². The second kappa shape index (κ2) is 12.3. The number of fused-ring (bicyclic) bond motifs is 2. The average Bonchev–Trinajstić information content (AvgIpc) is 3.73. The SMILES string of the molecule is CC(=O)N1CC[C@H]2CC[C@@H](C(=O)N3CCC(C(N)=O)(C(F)(F)F)C3)N2C(=O)[C@@H](NC(=O)c2cc3cc(C(F)(F)P(=O)(O)O)ccc3s2)C1. The van der Waals surface area contributed by atoms with Crippen LogP contribution in [0, 0.1) is 5.41 Å². The Kier molecular flexibility index (Phi) is 9.16. The molecule has 0 bridgehead atoms. The molecular formula is C28H31F5N5O8PS. The number of halogens is 5. The molecule has 5 amide bonds. The Bertz CT molecular complexity index is 1730. The third kappa shape index (κ3) is 6.16. The zero-order valence-corrected chi connectivity index (χ0v) is 26.9. The molecule has 3 aliphatic rings. The van der Waals surface area contributed by atoms with Crippen molar-refractivity contribution in [1.29, 1.82) is 0 Å². The van der Waals surface area contributed by atoms with Gasteiger partial charge >= 0.3 is 19.4 Å². The zero-order valence-electron chi connectivity index (χ0n) is 25.2. The molecule has 5 N–H and O–H groups in total. The van der Waals surface area contributed by atoms with Gasteiger partial charge in [0.15, 0.2) is 5.41 Å². The second-order valence-corrected chi connectivity index (χ2v) is 14.9. The zero-order chi connectivity index (χ0) is 35.6. The van der Waals surface area contributed by atoms with Crippen molar-refractivity contribution in [3.63, 3.8) is 0 Å². The van der Waals surface area contributed by atoms with Gasteiger partial charge in [-0.2, -0.15) is 22.0 Å². The number of amides is 5. The van der Waals surface area contributed by atoms with Gasteiger partial charge in [0.05, 0.1) is 4.88 Å². The number of alkyl halides is 5. The fourth-order valence-electron chi connectivity index (χ4n) is 6.53. The summed E-state index contributed by atoms with van der Waals surface area (Å²) in [6.07, 6.45) is -5.13.